The summed E-state index contributed by atoms with van der Waals surface area (Å²) in [6.45, 7) is 2.74. The van der Waals surface area contributed by atoms with Crippen LogP contribution < -0.4 is 5.32 Å². The molecule has 0 aliphatic heterocycles. The smallest absolute Gasteiger partial charge is 0.0626 e. The summed E-state index contributed by atoms with van der Waals surface area (Å²) in [4.78, 5) is 0. The number of benzene rings is 1. The minimum atomic E-state index is -0.0531. The SMILES string of the molecule is COCC(C)NC(CO)c1cccc(Br)c1. The van der Waals surface area contributed by atoms with Gasteiger partial charge in [-0.3, -0.25) is 0 Å². The van der Waals surface area contributed by atoms with Crippen LogP contribution in [0.15, 0.2) is 28.7 Å². The lowest BCUT2D eigenvalue weighted by molar-refractivity contribution is 0.154. The standard InChI is InChI=1S/C12H18BrNO2/c1-9(8-16-2)14-12(7-15)10-4-3-5-11(13)6-10/h3-6,9,12,14-15H,7-8H2,1-2H3. The molecule has 0 saturated carbocycles. The van der Waals surface area contributed by atoms with Crippen LogP contribution >= 0.6 is 15.9 Å². The Morgan fingerprint density at radius 1 is 1.50 bits per heavy atom. The average Bonchev–Trinajstić information content (AvgIpc) is 2.26. The predicted molar refractivity (Wildman–Crippen MR) is 68.4 cm³/mol. The number of rotatable bonds is 6. The van der Waals surface area contributed by atoms with Crippen molar-refractivity contribution in [2.45, 2.75) is 19.0 Å². The number of aliphatic hydroxyl groups excluding tert-OH is 1. The Bertz CT molecular complexity index is 320. The van der Waals surface area contributed by atoms with Crippen LogP contribution in [0.1, 0.15) is 18.5 Å². The zero-order valence-electron chi connectivity index (χ0n) is 9.61. The molecule has 0 bridgehead atoms. The van der Waals surface area contributed by atoms with Crippen molar-refractivity contribution >= 4 is 15.9 Å². The zero-order valence-corrected chi connectivity index (χ0v) is 11.2. The fourth-order valence-corrected chi connectivity index (χ4v) is 2.04. The molecule has 4 heteroatoms. The van der Waals surface area contributed by atoms with Gasteiger partial charge in [-0.1, -0.05) is 28.1 Å². The number of methoxy groups -OCH3 is 1. The van der Waals surface area contributed by atoms with E-state index in [0.29, 0.717) is 6.61 Å². The third-order valence-corrected chi connectivity index (χ3v) is 2.83. The first-order chi connectivity index (χ1) is 7.67. The number of halogens is 1. The van der Waals surface area contributed by atoms with Crippen LogP contribution in [0.2, 0.25) is 0 Å². The molecule has 1 aromatic carbocycles. The lowest BCUT2D eigenvalue weighted by atomic mass is 10.1. The summed E-state index contributed by atoms with van der Waals surface area (Å²) in [5.41, 5.74) is 1.07. The van der Waals surface area contributed by atoms with Gasteiger partial charge in [-0.25, -0.2) is 0 Å². The summed E-state index contributed by atoms with van der Waals surface area (Å²) in [6, 6.07) is 8.09. The van der Waals surface area contributed by atoms with Gasteiger partial charge in [-0.15, -0.1) is 0 Å². The lowest BCUT2D eigenvalue weighted by Crippen LogP contribution is -2.35. The van der Waals surface area contributed by atoms with Crippen LogP contribution in [0.4, 0.5) is 0 Å². The molecule has 1 aromatic rings. The number of aliphatic hydroxyl groups is 1. The lowest BCUT2D eigenvalue weighted by Gasteiger charge is -2.21. The topological polar surface area (TPSA) is 41.5 Å². The molecular weight excluding hydrogens is 270 g/mol. The van der Waals surface area contributed by atoms with Gasteiger partial charge in [0.1, 0.15) is 0 Å². The van der Waals surface area contributed by atoms with Crippen LogP contribution in [-0.4, -0.2) is 31.5 Å². The molecule has 0 spiro atoms. The molecule has 2 N–H and O–H groups in total. The third-order valence-electron chi connectivity index (χ3n) is 2.34. The van der Waals surface area contributed by atoms with Crippen LogP contribution in [0, 0.1) is 0 Å². The van der Waals surface area contributed by atoms with E-state index in [4.69, 9.17) is 4.74 Å². The van der Waals surface area contributed by atoms with Crippen molar-refractivity contribution in [3.05, 3.63) is 34.3 Å². The Labute approximate surface area is 105 Å². The molecule has 0 aliphatic rings. The Kier molecular flexibility index (Phi) is 5.98. The fraction of sp³-hybridized carbons (Fsp3) is 0.500. The largest absolute Gasteiger partial charge is 0.394 e. The predicted octanol–water partition coefficient (Wildman–Crippen LogP) is 2.11. The third kappa shape index (κ3) is 4.22. The van der Waals surface area contributed by atoms with Crippen LogP contribution in [0.25, 0.3) is 0 Å². The normalized spacial score (nSPS) is 14.8. The van der Waals surface area contributed by atoms with Gasteiger partial charge in [0.25, 0.3) is 0 Å². The Morgan fingerprint density at radius 3 is 2.81 bits per heavy atom. The van der Waals surface area contributed by atoms with Gasteiger partial charge in [0.05, 0.1) is 19.3 Å². The molecule has 0 aromatic heterocycles. The number of ether oxygens (including phenoxy) is 1. The van der Waals surface area contributed by atoms with Gasteiger partial charge in [0.2, 0.25) is 0 Å². The average molecular weight is 288 g/mol. The van der Waals surface area contributed by atoms with E-state index in [-0.39, 0.29) is 18.7 Å². The van der Waals surface area contributed by atoms with E-state index in [1.54, 1.807) is 7.11 Å². The first-order valence-electron chi connectivity index (χ1n) is 5.28. The highest BCUT2D eigenvalue weighted by Gasteiger charge is 2.13. The molecule has 0 amide bonds. The van der Waals surface area contributed by atoms with E-state index >= 15 is 0 Å². The van der Waals surface area contributed by atoms with Gasteiger partial charge >= 0.3 is 0 Å². The first kappa shape index (κ1) is 13.6. The van der Waals surface area contributed by atoms with Crippen LogP contribution in [0.3, 0.4) is 0 Å². The summed E-state index contributed by atoms with van der Waals surface area (Å²) >= 11 is 3.42. The van der Waals surface area contributed by atoms with Gasteiger partial charge in [0.15, 0.2) is 0 Å². The fourth-order valence-electron chi connectivity index (χ4n) is 1.62. The van der Waals surface area contributed by atoms with Crippen molar-refractivity contribution in [3.8, 4) is 0 Å². The molecular formula is C12H18BrNO2. The summed E-state index contributed by atoms with van der Waals surface area (Å²) in [7, 11) is 1.67. The van der Waals surface area contributed by atoms with Crippen LogP contribution in [0.5, 0.6) is 0 Å². The van der Waals surface area contributed by atoms with Crippen molar-refractivity contribution in [1.82, 2.24) is 5.32 Å². The Balaban J connectivity index is 2.67. The maximum absolute atomic E-state index is 9.37. The Hall–Kier alpha value is -0.420. The summed E-state index contributed by atoms with van der Waals surface area (Å²) in [6.07, 6.45) is 0. The number of hydrogen-bond acceptors (Lipinski definition) is 3. The number of nitrogens with one attached hydrogen (secondary N) is 1. The second-order valence-corrected chi connectivity index (χ2v) is 4.73. The molecule has 0 fully saturated rings. The van der Waals surface area contributed by atoms with Crippen molar-refractivity contribution in [1.29, 1.82) is 0 Å². The number of hydrogen-bond donors (Lipinski definition) is 2. The summed E-state index contributed by atoms with van der Waals surface area (Å²) in [5.74, 6) is 0. The van der Waals surface area contributed by atoms with Crippen LogP contribution in [-0.2, 0) is 4.74 Å². The molecule has 0 radical (unpaired) electrons. The highest BCUT2D eigenvalue weighted by atomic mass is 79.9. The van der Waals surface area contributed by atoms with Crippen molar-refractivity contribution < 1.29 is 9.84 Å². The van der Waals surface area contributed by atoms with Gasteiger partial charge in [0, 0.05) is 17.6 Å². The van der Waals surface area contributed by atoms with Crippen molar-refractivity contribution in [3.63, 3.8) is 0 Å². The first-order valence-corrected chi connectivity index (χ1v) is 6.08. The van der Waals surface area contributed by atoms with Crippen molar-refractivity contribution in [2.24, 2.45) is 0 Å². The zero-order chi connectivity index (χ0) is 12.0. The van der Waals surface area contributed by atoms with E-state index in [9.17, 15) is 5.11 Å². The molecule has 2 unspecified atom stereocenters. The monoisotopic (exact) mass is 287 g/mol. The highest BCUT2D eigenvalue weighted by Crippen LogP contribution is 2.18. The van der Waals surface area contributed by atoms with Gasteiger partial charge in [-0.2, -0.15) is 0 Å². The molecule has 3 nitrogen and oxygen atoms in total. The van der Waals surface area contributed by atoms with Crippen molar-refractivity contribution in [2.75, 3.05) is 20.3 Å². The van der Waals surface area contributed by atoms with Gasteiger partial charge < -0.3 is 15.2 Å². The Morgan fingerprint density at radius 2 is 2.25 bits per heavy atom. The maximum atomic E-state index is 9.37. The van der Waals surface area contributed by atoms with Gasteiger partial charge in [-0.05, 0) is 24.6 Å². The second-order valence-electron chi connectivity index (χ2n) is 3.81. The molecule has 0 aliphatic carbocycles. The van der Waals surface area contributed by atoms with E-state index in [1.165, 1.54) is 0 Å². The minimum absolute atomic E-state index is 0.0531. The maximum Gasteiger partial charge on any atom is 0.0626 e. The molecule has 90 valence electrons. The molecule has 0 saturated heterocycles. The van der Waals surface area contributed by atoms with E-state index in [2.05, 4.69) is 21.2 Å². The molecule has 0 heterocycles. The van der Waals surface area contributed by atoms with E-state index < -0.39 is 0 Å². The molecule has 2 atom stereocenters. The quantitative estimate of drug-likeness (QED) is 0.842. The van der Waals surface area contributed by atoms with E-state index in [0.717, 1.165) is 10.0 Å². The molecule has 1 rings (SSSR count). The highest BCUT2D eigenvalue weighted by molar-refractivity contribution is 9.10. The summed E-state index contributed by atoms with van der Waals surface area (Å²) < 4.78 is 6.07. The summed E-state index contributed by atoms with van der Waals surface area (Å²) in [5, 5.41) is 12.7. The van der Waals surface area contributed by atoms with E-state index in [1.807, 2.05) is 31.2 Å². The molecule has 16 heavy (non-hydrogen) atoms. The second kappa shape index (κ2) is 7.01. The minimum Gasteiger partial charge on any atom is -0.394 e.